The third kappa shape index (κ3) is 6.97. The third-order valence-electron chi connectivity index (χ3n) is 8.95. The molecule has 3 atom stereocenters. The minimum absolute atomic E-state index is 0.0517. The predicted molar refractivity (Wildman–Crippen MR) is 187 cm³/mol. The van der Waals surface area contributed by atoms with Gasteiger partial charge in [-0.2, -0.15) is 5.10 Å². The molecule has 0 aliphatic carbocycles. The monoisotopic (exact) mass is 680 g/mol. The molecular formula is C33H45ClN8O4Si. The minimum atomic E-state index is -1.27. The van der Waals surface area contributed by atoms with Crippen LogP contribution in [0, 0.1) is 0 Å². The SMILES string of the molecule is Cn1nc2ccc(-c3cn(COCC[Si](C)(C)C)c4nc(N5[C@@H]6CC[C@H]5C[C@@H](NC(=O)OC(C)(C)C)C6)cnc34)c(Cl)c2c1/C=N/O. The Balaban J connectivity index is 1.34. The highest BCUT2D eigenvalue weighted by Crippen LogP contribution is 2.42. The number of hydrogen-bond acceptors (Lipinski definition) is 9. The molecule has 3 aromatic heterocycles. The van der Waals surface area contributed by atoms with E-state index >= 15 is 0 Å². The van der Waals surface area contributed by atoms with Gasteiger partial charge in [-0.25, -0.2) is 14.8 Å². The second-order valence-electron chi connectivity index (χ2n) is 14.9. The average Bonchev–Trinajstić information content (AvgIpc) is 3.58. The van der Waals surface area contributed by atoms with Crippen LogP contribution in [0.1, 0.15) is 52.1 Å². The van der Waals surface area contributed by atoms with Gasteiger partial charge in [-0.1, -0.05) is 42.5 Å². The van der Waals surface area contributed by atoms with Crippen molar-refractivity contribution in [2.24, 2.45) is 12.2 Å². The fourth-order valence-electron chi connectivity index (χ4n) is 6.82. The van der Waals surface area contributed by atoms with Gasteiger partial charge in [0.15, 0.2) is 5.65 Å². The Morgan fingerprint density at radius 2 is 1.91 bits per heavy atom. The third-order valence-corrected chi connectivity index (χ3v) is 11.0. The molecule has 2 aliphatic heterocycles. The van der Waals surface area contributed by atoms with E-state index in [1.165, 1.54) is 6.21 Å². The van der Waals surface area contributed by atoms with Crippen molar-refractivity contribution in [3.63, 3.8) is 0 Å². The van der Waals surface area contributed by atoms with Gasteiger partial charge in [-0.3, -0.25) is 4.68 Å². The van der Waals surface area contributed by atoms with Crippen LogP contribution >= 0.6 is 11.6 Å². The van der Waals surface area contributed by atoms with Crippen LogP contribution in [0.4, 0.5) is 10.6 Å². The molecule has 12 nitrogen and oxygen atoms in total. The standard InChI is InChI=1S/C33H45ClN8O4Si/c1-33(2,3)46-32(43)37-20-14-21-8-9-22(15-20)42(21)27-17-35-30-24(18-41(31(30)38-27)19-45-12-13-47(5,6)7)23-10-11-25-28(29(23)34)26(16-36-44)40(4)39-25/h10-11,16-18,20-22,44H,8-9,12-15,19H2,1-7H3,(H,37,43)/b36-16+/t20-,21+,22-. The maximum atomic E-state index is 12.5. The minimum Gasteiger partial charge on any atom is -0.444 e. The summed E-state index contributed by atoms with van der Waals surface area (Å²) in [5.41, 5.74) is 3.81. The molecule has 1 aromatic carbocycles. The van der Waals surface area contributed by atoms with Crippen molar-refractivity contribution in [1.82, 2.24) is 29.6 Å². The molecule has 0 spiro atoms. The zero-order valence-electron chi connectivity index (χ0n) is 28.2. The smallest absolute Gasteiger partial charge is 0.407 e. The summed E-state index contributed by atoms with van der Waals surface area (Å²) in [7, 11) is 0.520. The van der Waals surface area contributed by atoms with Crippen molar-refractivity contribution in [1.29, 1.82) is 0 Å². The number of anilines is 1. The first kappa shape index (κ1) is 33.2. The number of halogens is 1. The molecular weight excluding hydrogens is 636 g/mol. The molecule has 6 rings (SSSR count). The molecule has 252 valence electrons. The molecule has 2 bridgehead atoms. The number of aromatic nitrogens is 5. The molecule has 1 amide bonds. The summed E-state index contributed by atoms with van der Waals surface area (Å²) in [4.78, 5) is 25.1. The number of carbonyl (C=O) groups excluding carboxylic acids is 1. The summed E-state index contributed by atoms with van der Waals surface area (Å²) < 4.78 is 15.4. The fourth-order valence-corrected chi connectivity index (χ4v) is 7.94. The van der Waals surface area contributed by atoms with E-state index in [0.29, 0.717) is 35.0 Å². The Labute approximate surface area is 281 Å². The summed E-state index contributed by atoms with van der Waals surface area (Å²) in [6.45, 7) is 13.6. The molecule has 0 unspecified atom stereocenters. The molecule has 2 aliphatic rings. The lowest BCUT2D eigenvalue weighted by Crippen LogP contribution is -2.51. The normalized spacial score (nSPS) is 20.2. The number of nitrogens with one attached hydrogen (secondary N) is 1. The van der Waals surface area contributed by atoms with Gasteiger partial charge in [-0.05, 0) is 58.6 Å². The number of oxime groups is 1. The number of carbonyl (C=O) groups is 1. The van der Waals surface area contributed by atoms with E-state index in [0.717, 1.165) is 59.8 Å². The molecule has 0 saturated carbocycles. The van der Waals surface area contributed by atoms with Crippen molar-refractivity contribution < 1.29 is 19.5 Å². The Bertz CT molecular complexity index is 1810. The molecule has 47 heavy (non-hydrogen) atoms. The van der Waals surface area contributed by atoms with Crippen molar-refractivity contribution >= 4 is 59.9 Å². The van der Waals surface area contributed by atoms with Crippen molar-refractivity contribution in [3.8, 4) is 11.1 Å². The number of hydrogen-bond donors (Lipinski definition) is 2. The molecule has 2 saturated heterocycles. The zero-order chi connectivity index (χ0) is 33.7. The first-order valence-electron chi connectivity index (χ1n) is 16.3. The van der Waals surface area contributed by atoms with Crippen molar-refractivity contribution in [3.05, 3.63) is 35.2 Å². The number of benzene rings is 1. The summed E-state index contributed by atoms with van der Waals surface area (Å²) in [6, 6.07) is 5.45. The maximum absolute atomic E-state index is 12.5. The van der Waals surface area contributed by atoms with Crippen molar-refractivity contribution in [2.45, 2.75) is 103 Å². The Morgan fingerprint density at radius 3 is 2.57 bits per heavy atom. The number of rotatable bonds is 9. The lowest BCUT2D eigenvalue weighted by atomic mass is 9.97. The number of fused-ring (bicyclic) bond motifs is 4. The molecule has 2 N–H and O–H groups in total. The number of ether oxygens (including phenoxy) is 2. The van der Waals surface area contributed by atoms with E-state index < -0.39 is 13.7 Å². The van der Waals surface area contributed by atoms with Gasteiger partial charge < -0.3 is 29.5 Å². The largest absolute Gasteiger partial charge is 0.444 e. The van der Waals surface area contributed by atoms with Crippen LogP contribution < -0.4 is 10.2 Å². The first-order valence-corrected chi connectivity index (χ1v) is 20.4. The summed E-state index contributed by atoms with van der Waals surface area (Å²) in [5.74, 6) is 0.823. The lowest BCUT2D eigenvalue weighted by molar-refractivity contribution is 0.0492. The van der Waals surface area contributed by atoms with E-state index in [-0.39, 0.29) is 24.2 Å². The van der Waals surface area contributed by atoms with Crippen LogP contribution in [-0.2, 0) is 23.3 Å². The Morgan fingerprint density at radius 1 is 1.19 bits per heavy atom. The summed E-state index contributed by atoms with van der Waals surface area (Å²) in [5, 5.41) is 21.3. The van der Waals surface area contributed by atoms with Crippen molar-refractivity contribution in [2.75, 3.05) is 11.5 Å². The van der Waals surface area contributed by atoms with E-state index in [1.807, 2.05) is 49.9 Å². The van der Waals surface area contributed by atoms with Gasteiger partial charge in [0.25, 0.3) is 0 Å². The van der Waals surface area contributed by atoms with Crippen LogP contribution in [0.25, 0.3) is 33.2 Å². The van der Waals surface area contributed by atoms with Gasteiger partial charge in [0.2, 0.25) is 0 Å². The molecule has 5 heterocycles. The predicted octanol–water partition coefficient (Wildman–Crippen LogP) is 6.78. The van der Waals surface area contributed by atoms with Gasteiger partial charge in [0.05, 0.1) is 28.6 Å². The van der Waals surface area contributed by atoms with Crippen LogP contribution in [-0.4, -0.2) is 80.2 Å². The average molecular weight is 681 g/mol. The fraction of sp³-hybridized carbons (Fsp3) is 0.545. The zero-order valence-corrected chi connectivity index (χ0v) is 30.0. The summed E-state index contributed by atoms with van der Waals surface area (Å²) >= 11 is 7.07. The quantitative estimate of drug-likeness (QED) is 0.0650. The molecule has 14 heteroatoms. The second kappa shape index (κ2) is 12.7. The van der Waals surface area contributed by atoms with Gasteiger partial charge in [0, 0.05) is 62.6 Å². The van der Waals surface area contributed by atoms with Crippen LogP contribution in [0.5, 0.6) is 0 Å². The second-order valence-corrected chi connectivity index (χ2v) is 20.9. The van der Waals surface area contributed by atoms with Gasteiger partial charge in [-0.15, -0.1) is 0 Å². The van der Waals surface area contributed by atoms with E-state index in [2.05, 4.69) is 40.1 Å². The Kier molecular flexibility index (Phi) is 9.00. The maximum Gasteiger partial charge on any atom is 0.407 e. The van der Waals surface area contributed by atoms with E-state index in [4.69, 9.17) is 31.0 Å². The van der Waals surface area contributed by atoms with E-state index in [1.54, 1.807) is 11.7 Å². The van der Waals surface area contributed by atoms with Crippen LogP contribution in [0.2, 0.25) is 30.7 Å². The number of alkyl carbamates (subject to hydrolysis) is 1. The highest BCUT2D eigenvalue weighted by atomic mass is 35.5. The number of piperidine rings is 1. The van der Waals surface area contributed by atoms with Gasteiger partial charge in [0.1, 0.15) is 23.7 Å². The number of nitrogens with zero attached hydrogens (tertiary/aromatic N) is 7. The first-order chi connectivity index (χ1) is 22.2. The topological polar surface area (TPSA) is 132 Å². The highest BCUT2D eigenvalue weighted by molar-refractivity contribution is 6.76. The van der Waals surface area contributed by atoms with Crippen LogP contribution in [0.15, 0.2) is 29.7 Å². The Hall–Kier alpha value is -3.68. The van der Waals surface area contributed by atoms with Gasteiger partial charge >= 0.3 is 6.09 Å². The molecule has 2 fully saturated rings. The lowest BCUT2D eigenvalue weighted by Gasteiger charge is -2.39. The molecule has 4 aromatic rings. The number of amides is 1. The number of aryl methyl sites for hydroxylation is 1. The summed E-state index contributed by atoms with van der Waals surface area (Å²) in [6.07, 6.45) is 8.55. The van der Waals surface area contributed by atoms with Crippen LogP contribution in [0.3, 0.4) is 0 Å². The highest BCUT2D eigenvalue weighted by Gasteiger charge is 2.42. The van der Waals surface area contributed by atoms with E-state index in [9.17, 15) is 10.0 Å². The molecule has 0 radical (unpaired) electrons.